The Hall–Kier alpha value is -0.510. The number of rotatable bonds is 10. The Kier molecular flexibility index (Phi) is 8.97. The van der Waals surface area contributed by atoms with Crippen LogP contribution < -0.4 is 0 Å². The average Bonchev–Trinajstić information content (AvgIpc) is 2.39. The standard InChI is InChI=1S/C16H28N2S/c1-17(2)11-7-12-18(3)13-8-14-19-15-16-9-5-4-6-10-16/h4-6,9-10H,7-8,11-15H2,1-3H3. The molecule has 0 bridgehead atoms. The number of thioether (sulfide) groups is 1. The number of hydrogen-bond acceptors (Lipinski definition) is 3. The van der Waals surface area contributed by atoms with Gasteiger partial charge in [-0.05, 0) is 64.9 Å². The van der Waals surface area contributed by atoms with E-state index in [1.54, 1.807) is 0 Å². The first-order chi connectivity index (χ1) is 9.18. The van der Waals surface area contributed by atoms with E-state index >= 15 is 0 Å². The predicted molar refractivity (Wildman–Crippen MR) is 87.9 cm³/mol. The van der Waals surface area contributed by atoms with Crippen molar-refractivity contribution in [1.29, 1.82) is 0 Å². The maximum atomic E-state index is 2.45. The van der Waals surface area contributed by atoms with Gasteiger partial charge in [-0.3, -0.25) is 0 Å². The highest BCUT2D eigenvalue weighted by Crippen LogP contribution is 2.12. The molecular formula is C16H28N2S. The first-order valence-corrected chi connectivity index (χ1v) is 8.29. The Morgan fingerprint density at radius 2 is 1.58 bits per heavy atom. The lowest BCUT2D eigenvalue weighted by Crippen LogP contribution is -2.24. The molecule has 0 aromatic heterocycles. The summed E-state index contributed by atoms with van der Waals surface area (Å²) in [4.78, 5) is 4.70. The molecule has 0 aliphatic carbocycles. The van der Waals surface area contributed by atoms with Crippen molar-refractivity contribution in [1.82, 2.24) is 9.80 Å². The van der Waals surface area contributed by atoms with Crippen LogP contribution in [0.4, 0.5) is 0 Å². The number of benzene rings is 1. The van der Waals surface area contributed by atoms with E-state index in [4.69, 9.17) is 0 Å². The summed E-state index contributed by atoms with van der Waals surface area (Å²) in [6.45, 7) is 3.61. The minimum Gasteiger partial charge on any atom is -0.309 e. The summed E-state index contributed by atoms with van der Waals surface area (Å²) in [7, 11) is 6.51. The monoisotopic (exact) mass is 280 g/mol. The molecule has 108 valence electrons. The molecule has 0 N–H and O–H groups in total. The van der Waals surface area contributed by atoms with E-state index < -0.39 is 0 Å². The molecule has 3 heteroatoms. The lowest BCUT2D eigenvalue weighted by atomic mass is 10.2. The van der Waals surface area contributed by atoms with Crippen molar-refractivity contribution in [3.8, 4) is 0 Å². The molecule has 0 aliphatic rings. The first kappa shape index (κ1) is 16.5. The Morgan fingerprint density at radius 1 is 0.895 bits per heavy atom. The minimum absolute atomic E-state index is 1.14. The fraction of sp³-hybridized carbons (Fsp3) is 0.625. The van der Waals surface area contributed by atoms with Gasteiger partial charge in [0.2, 0.25) is 0 Å². The molecule has 0 saturated carbocycles. The summed E-state index contributed by atoms with van der Waals surface area (Å²) in [6.07, 6.45) is 2.55. The van der Waals surface area contributed by atoms with Gasteiger partial charge in [0, 0.05) is 5.75 Å². The van der Waals surface area contributed by atoms with Gasteiger partial charge < -0.3 is 9.80 Å². The zero-order valence-electron chi connectivity index (χ0n) is 12.6. The van der Waals surface area contributed by atoms with Crippen LogP contribution in [0, 0.1) is 0 Å². The van der Waals surface area contributed by atoms with Gasteiger partial charge in [0.25, 0.3) is 0 Å². The highest BCUT2D eigenvalue weighted by molar-refractivity contribution is 7.98. The zero-order chi connectivity index (χ0) is 13.9. The highest BCUT2D eigenvalue weighted by Gasteiger charge is 1.99. The van der Waals surface area contributed by atoms with Crippen molar-refractivity contribution in [2.45, 2.75) is 18.6 Å². The fourth-order valence-electron chi connectivity index (χ4n) is 1.97. The maximum Gasteiger partial charge on any atom is 0.0184 e. The van der Waals surface area contributed by atoms with E-state index in [2.05, 4.69) is 61.3 Å². The molecule has 0 aliphatic heterocycles. The molecule has 0 spiro atoms. The van der Waals surface area contributed by atoms with E-state index in [0.717, 1.165) is 5.75 Å². The van der Waals surface area contributed by atoms with Crippen LogP contribution in [0.25, 0.3) is 0 Å². The van der Waals surface area contributed by atoms with E-state index in [0.29, 0.717) is 0 Å². The van der Waals surface area contributed by atoms with E-state index in [-0.39, 0.29) is 0 Å². The van der Waals surface area contributed by atoms with Crippen LogP contribution in [-0.4, -0.2) is 56.3 Å². The maximum absolute atomic E-state index is 2.45. The molecule has 0 heterocycles. The van der Waals surface area contributed by atoms with Crippen LogP contribution in [0.1, 0.15) is 18.4 Å². The molecule has 0 saturated heterocycles. The Labute approximate surface area is 123 Å². The van der Waals surface area contributed by atoms with E-state index in [1.807, 2.05) is 11.8 Å². The second kappa shape index (κ2) is 10.3. The van der Waals surface area contributed by atoms with Gasteiger partial charge in [-0.25, -0.2) is 0 Å². The van der Waals surface area contributed by atoms with Crippen molar-refractivity contribution in [2.24, 2.45) is 0 Å². The molecule has 0 atom stereocenters. The molecule has 0 radical (unpaired) electrons. The van der Waals surface area contributed by atoms with Gasteiger partial charge in [-0.1, -0.05) is 30.3 Å². The Bertz CT molecular complexity index is 314. The van der Waals surface area contributed by atoms with Gasteiger partial charge in [0.15, 0.2) is 0 Å². The predicted octanol–water partition coefficient (Wildman–Crippen LogP) is 3.19. The van der Waals surface area contributed by atoms with Crippen molar-refractivity contribution >= 4 is 11.8 Å². The number of nitrogens with zero attached hydrogens (tertiary/aromatic N) is 2. The second-order valence-corrected chi connectivity index (χ2v) is 6.46. The quantitative estimate of drug-likeness (QED) is 0.608. The van der Waals surface area contributed by atoms with Crippen LogP contribution in [0.15, 0.2) is 30.3 Å². The normalized spacial score (nSPS) is 11.4. The summed E-state index contributed by atoms with van der Waals surface area (Å²) >= 11 is 2.04. The van der Waals surface area contributed by atoms with E-state index in [9.17, 15) is 0 Å². The summed E-state index contributed by atoms with van der Waals surface area (Å²) in [5, 5.41) is 0. The molecule has 1 aromatic rings. The van der Waals surface area contributed by atoms with Gasteiger partial charge in [-0.2, -0.15) is 11.8 Å². The molecule has 1 aromatic carbocycles. The fourth-order valence-corrected chi connectivity index (χ4v) is 2.88. The van der Waals surface area contributed by atoms with Crippen LogP contribution in [-0.2, 0) is 5.75 Å². The summed E-state index contributed by atoms with van der Waals surface area (Å²) < 4.78 is 0. The van der Waals surface area contributed by atoms with Crippen molar-refractivity contribution < 1.29 is 0 Å². The average molecular weight is 280 g/mol. The number of hydrogen-bond donors (Lipinski definition) is 0. The third-order valence-electron chi connectivity index (χ3n) is 3.09. The molecule has 0 unspecified atom stereocenters. The van der Waals surface area contributed by atoms with Crippen molar-refractivity contribution in [3.05, 3.63) is 35.9 Å². The zero-order valence-corrected chi connectivity index (χ0v) is 13.5. The Morgan fingerprint density at radius 3 is 2.26 bits per heavy atom. The van der Waals surface area contributed by atoms with Gasteiger partial charge >= 0.3 is 0 Å². The smallest absolute Gasteiger partial charge is 0.0184 e. The van der Waals surface area contributed by atoms with Crippen LogP contribution in [0.3, 0.4) is 0 Å². The molecule has 1 rings (SSSR count). The van der Waals surface area contributed by atoms with Crippen LogP contribution >= 0.6 is 11.8 Å². The molecule has 2 nitrogen and oxygen atoms in total. The minimum atomic E-state index is 1.14. The highest BCUT2D eigenvalue weighted by atomic mass is 32.2. The third kappa shape index (κ3) is 9.09. The van der Waals surface area contributed by atoms with Gasteiger partial charge in [0.05, 0.1) is 0 Å². The van der Waals surface area contributed by atoms with Crippen LogP contribution in [0.2, 0.25) is 0 Å². The molecule has 0 fully saturated rings. The van der Waals surface area contributed by atoms with E-state index in [1.165, 1.54) is 43.8 Å². The lowest BCUT2D eigenvalue weighted by molar-refractivity contribution is 0.301. The second-order valence-electron chi connectivity index (χ2n) is 5.35. The largest absolute Gasteiger partial charge is 0.309 e. The molecule has 19 heavy (non-hydrogen) atoms. The Balaban J connectivity index is 1.95. The third-order valence-corrected chi connectivity index (χ3v) is 4.20. The van der Waals surface area contributed by atoms with Crippen LogP contribution in [0.5, 0.6) is 0 Å². The van der Waals surface area contributed by atoms with Gasteiger partial charge in [-0.15, -0.1) is 0 Å². The van der Waals surface area contributed by atoms with Crippen molar-refractivity contribution in [2.75, 3.05) is 46.5 Å². The van der Waals surface area contributed by atoms with Crippen molar-refractivity contribution in [3.63, 3.8) is 0 Å². The van der Waals surface area contributed by atoms with Gasteiger partial charge in [0.1, 0.15) is 0 Å². The topological polar surface area (TPSA) is 6.48 Å². The summed E-state index contributed by atoms with van der Waals surface area (Å²) in [6, 6.07) is 10.7. The summed E-state index contributed by atoms with van der Waals surface area (Å²) in [5.41, 5.74) is 1.44. The molecule has 0 amide bonds. The summed E-state index contributed by atoms with van der Waals surface area (Å²) in [5.74, 6) is 2.40. The SMILES string of the molecule is CN(C)CCCN(C)CCCSCc1ccccc1. The lowest BCUT2D eigenvalue weighted by Gasteiger charge is -2.17. The first-order valence-electron chi connectivity index (χ1n) is 7.13. The molecular weight excluding hydrogens is 252 g/mol.